The lowest BCUT2D eigenvalue weighted by molar-refractivity contribution is 0.0533. The topological polar surface area (TPSA) is 73.6 Å². The van der Waals surface area contributed by atoms with Crippen molar-refractivity contribution >= 4 is 39.3 Å². The lowest BCUT2D eigenvalue weighted by Gasteiger charge is -2.05. The minimum atomic E-state index is -0.419. The van der Waals surface area contributed by atoms with Crippen LogP contribution in [0.1, 0.15) is 21.5 Å². The average Bonchev–Trinajstić information content (AvgIpc) is 3.04. The number of hydrogen-bond acceptors (Lipinski definition) is 7. The zero-order valence-electron chi connectivity index (χ0n) is 11.3. The zero-order valence-corrected chi connectivity index (χ0v) is 12.9. The van der Waals surface area contributed by atoms with Gasteiger partial charge in [0.2, 0.25) is 0 Å². The van der Waals surface area contributed by atoms with Gasteiger partial charge in [-0.1, -0.05) is 6.07 Å². The average molecular weight is 312 g/mol. The van der Waals surface area contributed by atoms with Crippen LogP contribution in [0.25, 0.3) is 0 Å². The lowest BCUT2D eigenvalue weighted by Crippen LogP contribution is -2.05. The number of thiophene rings is 2. The molecule has 0 unspecified atom stereocenters. The van der Waals surface area contributed by atoms with Crippen LogP contribution < -0.4 is 15.8 Å². The van der Waals surface area contributed by atoms with E-state index in [1.165, 1.54) is 23.3 Å². The monoisotopic (exact) mass is 312 g/mol. The minimum absolute atomic E-state index is 0.316. The molecule has 0 atom stereocenters. The molecule has 5 nitrogen and oxygen atoms in total. The zero-order chi connectivity index (χ0) is 14.5. The summed E-state index contributed by atoms with van der Waals surface area (Å²) in [6.45, 7) is 2.74. The third-order valence-electron chi connectivity index (χ3n) is 2.57. The Morgan fingerprint density at radius 3 is 2.90 bits per heavy atom. The van der Waals surface area contributed by atoms with E-state index in [4.69, 9.17) is 15.2 Å². The summed E-state index contributed by atoms with van der Waals surface area (Å²) in [6, 6.07) is 4.03. The van der Waals surface area contributed by atoms with Crippen LogP contribution in [0.2, 0.25) is 0 Å². The molecule has 0 bridgehead atoms. The highest BCUT2D eigenvalue weighted by atomic mass is 32.1. The van der Waals surface area contributed by atoms with Crippen LogP contribution in [-0.4, -0.2) is 19.7 Å². The van der Waals surface area contributed by atoms with Gasteiger partial charge in [-0.05, 0) is 18.4 Å². The van der Waals surface area contributed by atoms with E-state index in [0.717, 1.165) is 5.00 Å². The highest BCUT2D eigenvalue weighted by Gasteiger charge is 2.22. The van der Waals surface area contributed by atoms with Crippen molar-refractivity contribution in [1.82, 2.24) is 0 Å². The molecular formula is C13H16N2O3S2. The molecule has 0 aliphatic heterocycles. The van der Waals surface area contributed by atoms with Crippen LogP contribution in [0.15, 0.2) is 17.5 Å². The van der Waals surface area contributed by atoms with Gasteiger partial charge < -0.3 is 20.5 Å². The molecule has 2 rings (SSSR count). The van der Waals surface area contributed by atoms with Crippen molar-refractivity contribution in [3.8, 4) is 5.75 Å². The summed E-state index contributed by atoms with van der Waals surface area (Å²) in [5, 5.41) is 5.99. The molecule has 0 aromatic carbocycles. The van der Waals surface area contributed by atoms with E-state index >= 15 is 0 Å². The van der Waals surface area contributed by atoms with Crippen molar-refractivity contribution < 1.29 is 14.3 Å². The van der Waals surface area contributed by atoms with Crippen molar-refractivity contribution in [3.05, 3.63) is 27.3 Å². The Labute approximate surface area is 125 Å². The highest BCUT2D eigenvalue weighted by Crippen LogP contribution is 2.43. The summed E-state index contributed by atoms with van der Waals surface area (Å²) >= 11 is 2.91. The second-order valence-electron chi connectivity index (χ2n) is 3.86. The van der Waals surface area contributed by atoms with Gasteiger partial charge in [-0.3, -0.25) is 0 Å². The number of carbonyl (C=O) groups excluding carboxylic acids is 1. The maximum absolute atomic E-state index is 11.8. The number of methoxy groups -OCH3 is 1. The standard InChI is InChI=1S/C13H16N2O3S2/c1-3-18-13(16)11-9(14)10(17-2)12(20-11)15-7-8-5-4-6-19-8/h4-6,15H,3,7,14H2,1-2H3. The van der Waals surface area contributed by atoms with Crippen molar-refractivity contribution in [2.24, 2.45) is 0 Å². The first-order chi connectivity index (χ1) is 9.67. The number of nitrogens with one attached hydrogen (secondary N) is 1. The van der Waals surface area contributed by atoms with Gasteiger partial charge in [0.15, 0.2) is 5.75 Å². The van der Waals surface area contributed by atoms with E-state index in [1.807, 2.05) is 17.5 Å². The summed E-state index contributed by atoms with van der Waals surface area (Å²) in [5.41, 5.74) is 6.27. The number of carbonyl (C=O) groups is 1. The molecule has 108 valence electrons. The van der Waals surface area contributed by atoms with Crippen LogP contribution >= 0.6 is 22.7 Å². The SMILES string of the molecule is CCOC(=O)c1sc(NCc2cccs2)c(OC)c1N. The van der Waals surface area contributed by atoms with E-state index in [9.17, 15) is 4.79 Å². The lowest BCUT2D eigenvalue weighted by atomic mass is 10.3. The van der Waals surface area contributed by atoms with Crippen LogP contribution in [0.3, 0.4) is 0 Å². The van der Waals surface area contributed by atoms with E-state index in [1.54, 1.807) is 18.3 Å². The first-order valence-corrected chi connectivity index (χ1v) is 7.76. The number of hydrogen-bond donors (Lipinski definition) is 2. The number of nitrogens with two attached hydrogens (primary N) is 1. The molecule has 0 aliphatic carbocycles. The van der Waals surface area contributed by atoms with Crippen molar-refractivity contribution in [2.45, 2.75) is 13.5 Å². The number of rotatable bonds is 6. The molecule has 0 amide bonds. The molecule has 0 aliphatic rings. The Balaban J connectivity index is 2.19. The predicted molar refractivity (Wildman–Crippen MR) is 82.9 cm³/mol. The fourth-order valence-electron chi connectivity index (χ4n) is 1.68. The van der Waals surface area contributed by atoms with Gasteiger partial charge in [0.1, 0.15) is 15.6 Å². The predicted octanol–water partition coefficient (Wildman–Crippen LogP) is 3.19. The van der Waals surface area contributed by atoms with Crippen LogP contribution in [0.4, 0.5) is 10.7 Å². The molecule has 2 heterocycles. The van der Waals surface area contributed by atoms with Gasteiger partial charge in [0.05, 0.1) is 20.3 Å². The maximum Gasteiger partial charge on any atom is 0.350 e. The normalized spacial score (nSPS) is 10.3. The van der Waals surface area contributed by atoms with Gasteiger partial charge in [-0.25, -0.2) is 4.79 Å². The van der Waals surface area contributed by atoms with E-state index < -0.39 is 5.97 Å². The molecule has 0 saturated carbocycles. The van der Waals surface area contributed by atoms with Crippen molar-refractivity contribution in [3.63, 3.8) is 0 Å². The van der Waals surface area contributed by atoms with E-state index in [0.29, 0.717) is 29.5 Å². The molecule has 0 fully saturated rings. The molecule has 3 N–H and O–H groups in total. The Bertz CT molecular complexity index is 579. The van der Waals surface area contributed by atoms with Gasteiger partial charge in [-0.2, -0.15) is 0 Å². The van der Waals surface area contributed by atoms with Crippen molar-refractivity contribution in [2.75, 3.05) is 24.8 Å². The quantitative estimate of drug-likeness (QED) is 0.801. The third kappa shape index (κ3) is 3.05. The summed E-state index contributed by atoms with van der Waals surface area (Å²) in [7, 11) is 1.53. The summed E-state index contributed by atoms with van der Waals surface area (Å²) in [6.07, 6.45) is 0. The number of ether oxygens (including phenoxy) is 2. The molecular weight excluding hydrogens is 296 g/mol. The Morgan fingerprint density at radius 2 is 2.30 bits per heavy atom. The van der Waals surface area contributed by atoms with E-state index in [2.05, 4.69) is 5.32 Å². The fraction of sp³-hybridized carbons (Fsp3) is 0.308. The molecule has 2 aromatic rings. The molecule has 2 aromatic heterocycles. The van der Waals surface area contributed by atoms with E-state index in [-0.39, 0.29) is 0 Å². The summed E-state index contributed by atoms with van der Waals surface area (Å²) < 4.78 is 10.3. The Morgan fingerprint density at radius 1 is 1.50 bits per heavy atom. The van der Waals surface area contributed by atoms with Crippen LogP contribution in [0.5, 0.6) is 5.75 Å². The highest BCUT2D eigenvalue weighted by molar-refractivity contribution is 7.19. The summed E-state index contributed by atoms with van der Waals surface area (Å²) in [5.74, 6) is 0.0760. The second-order valence-corrected chi connectivity index (χ2v) is 5.91. The van der Waals surface area contributed by atoms with Crippen LogP contribution in [0, 0.1) is 0 Å². The van der Waals surface area contributed by atoms with Crippen molar-refractivity contribution in [1.29, 1.82) is 0 Å². The Hall–Kier alpha value is -1.73. The molecule has 0 saturated heterocycles. The van der Waals surface area contributed by atoms with Gasteiger partial charge in [0, 0.05) is 4.88 Å². The first-order valence-electron chi connectivity index (χ1n) is 6.07. The van der Waals surface area contributed by atoms with Gasteiger partial charge in [0.25, 0.3) is 0 Å². The number of nitrogen functional groups attached to an aromatic ring is 1. The molecule has 0 spiro atoms. The number of esters is 1. The largest absolute Gasteiger partial charge is 0.492 e. The van der Waals surface area contributed by atoms with Gasteiger partial charge in [-0.15, -0.1) is 22.7 Å². The first kappa shape index (κ1) is 14.7. The smallest absolute Gasteiger partial charge is 0.350 e. The molecule has 20 heavy (non-hydrogen) atoms. The number of anilines is 2. The molecule has 0 radical (unpaired) electrons. The van der Waals surface area contributed by atoms with Crippen LogP contribution in [-0.2, 0) is 11.3 Å². The fourth-order valence-corrected chi connectivity index (χ4v) is 3.30. The minimum Gasteiger partial charge on any atom is -0.492 e. The Kier molecular flexibility index (Phi) is 4.86. The second kappa shape index (κ2) is 6.62. The molecule has 7 heteroatoms. The maximum atomic E-state index is 11.8. The van der Waals surface area contributed by atoms with Gasteiger partial charge >= 0.3 is 5.97 Å². The summed E-state index contributed by atoms with van der Waals surface area (Å²) in [4.78, 5) is 13.4. The third-order valence-corrected chi connectivity index (χ3v) is 4.57.